The van der Waals surface area contributed by atoms with Crippen molar-refractivity contribution < 1.29 is 5.11 Å². The molecule has 18 heavy (non-hydrogen) atoms. The van der Waals surface area contributed by atoms with Crippen molar-refractivity contribution in [3.05, 3.63) is 33.8 Å². The summed E-state index contributed by atoms with van der Waals surface area (Å²) < 4.78 is 0. The van der Waals surface area contributed by atoms with Crippen molar-refractivity contribution in [3.8, 4) is 0 Å². The third-order valence-corrected chi connectivity index (χ3v) is 3.72. The van der Waals surface area contributed by atoms with E-state index < -0.39 is 0 Å². The average molecular weight is 290 g/mol. The van der Waals surface area contributed by atoms with E-state index in [9.17, 15) is 0 Å². The van der Waals surface area contributed by atoms with Gasteiger partial charge in [0.05, 0.1) is 10.0 Å². The Balaban J connectivity index is 2.37. The lowest BCUT2D eigenvalue weighted by molar-refractivity contribution is 0.248. The van der Waals surface area contributed by atoms with Gasteiger partial charge < -0.3 is 10.4 Å². The Morgan fingerprint density at radius 2 is 2.00 bits per heavy atom. The first-order chi connectivity index (χ1) is 8.67. The van der Waals surface area contributed by atoms with E-state index in [1.54, 1.807) is 0 Å². The van der Waals surface area contributed by atoms with Gasteiger partial charge in [-0.3, -0.25) is 0 Å². The summed E-state index contributed by atoms with van der Waals surface area (Å²) >= 11 is 11.8. The molecule has 1 rings (SSSR count). The molecule has 0 aliphatic rings. The molecule has 1 atom stereocenters. The maximum Gasteiger partial charge on any atom is 0.0595 e. The summed E-state index contributed by atoms with van der Waals surface area (Å²) in [5, 5.41) is 13.6. The van der Waals surface area contributed by atoms with Crippen LogP contribution in [0.1, 0.15) is 31.7 Å². The highest BCUT2D eigenvalue weighted by Crippen LogP contribution is 2.22. The summed E-state index contributed by atoms with van der Waals surface area (Å²) in [6, 6.07) is 5.68. The first-order valence-corrected chi connectivity index (χ1v) is 7.18. The zero-order valence-corrected chi connectivity index (χ0v) is 12.3. The van der Waals surface area contributed by atoms with Crippen LogP contribution < -0.4 is 5.32 Å². The molecule has 1 aromatic carbocycles. The molecule has 4 heteroatoms. The number of hydrogen-bond acceptors (Lipinski definition) is 2. The molecule has 0 heterocycles. The molecule has 0 bridgehead atoms. The molecule has 102 valence electrons. The summed E-state index contributed by atoms with van der Waals surface area (Å²) in [6.45, 7) is 4.14. The van der Waals surface area contributed by atoms with Gasteiger partial charge in [0, 0.05) is 13.2 Å². The maximum absolute atomic E-state index is 8.99. The molecule has 1 aromatic rings. The number of rotatable bonds is 8. The summed E-state index contributed by atoms with van der Waals surface area (Å²) in [7, 11) is 0. The van der Waals surface area contributed by atoms with Crippen molar-refractivity contribution in [2.24, 2.45) is 5.92 Å². The van der Waals surface area contributed by atoms with E-state index in [1.807, 2.05) is 18.2 Å². The van der Waals surface area contributed by atoms with Gasteiger partial charge in [-0.1, -0.05) is 42.6 Å². The minimum Gasteiger partial charge on any atom is -0.396 e. The monoisotopic (exact) mass is 289 g/mol. The smallest absolute Gasteiger partial charge is 0.0595 e. The van der Waals surface area contributed by atoms with Crippen molar-refractivity contribution in [3.63, 3.8) is 0 Å². The van der Waals surface area contributed by atoms with E-state index in [1.165, 1.54) is 0 Å². The van der Waals surface area contributed by atoms with Crippen LogP contribution in [0.4, 0.5) is 0 Å². The van der Waals surface area contributed by atoms with E-state index in [4.69, 9.17) is 28.3 Å². The van der Waals surface area contributed by atoms with E-state index in [-0.39, 0.29) is 6.61 Å². The minimum absolute atomic E-state index is 0.263. The number of hydrogen-bond donors (Lipinski definition) is 2. The Bertz CT molecular complexity index is 352. The van der Waals surface area contributed by atoms with Crippen LogP contribution in [0.2, 0.25) is 10.0 Å². The predicted octanol–water partition coefficient (Wildman–Crippen LogP) is 3.88. The average Bonchev–Trinajstić information content (AvgIpc) is 2.34. The highest BCUT2D eigenvalue weighted by atomic mass is 35.5. The molecule has 2 nitrogen and oxygen atoms in total. The van der Waals surface area contributed by atoms with Gasteiger partial charge in [-0.25, -0.2) is 0 Å². The topological polar surface area (TPSA) is 32.3 Å². The minimum atomic E-state index is 0.263. The summed E-state index contributed by atoms with van der Waals surface area (Å²) in [5.74, 6) is 0.544. The molecule has 1 unspecified atom stereocenters. The Labute approximate surface area is 119 Å². The first-order valence-electron chi connectivity index (χ1n) is 6.42. The third kappa shape index (κ3) is 5.57. The van der Waals surface area contributed by atoms with Crippen molar-refractivity contribution in [2.75, 3.05) is 13.2 Å². The Kier molecular flexibility index (Phi) is 7.68. The quantitative estimate of drug-likeness (QED) is 0.761. The molecule has 0 aliphatic carbocycles. The Morgan fingerprint density at radius 1 is 1.22 bits per heavy atom. The molecular formula is C14H21Cl2NO. The SMILES string of the molecule is CCCC(CCO)CNCc1ccc(Cl)c(Cl)c1. The molecule has 0 saturated heterocycles. The number of halogens is 2. The molecule has 0 amide bonds. The Morgan fingerprint density at radius 3 is 2.61 bits per heavy atom. The molecule has 2 N–H and O–H groups in total. The highest BCUT2D eigenvalue weighted by Gasteiger charge is 2.06. The van der Waals surface area contributed by atoms with Gasteiger partial charge in [-0.2, -0.15) is 0 Å². The van der Waals surface area contributed by atoms with Crippen LogP contribution in [0.3, 0.4) is 0 Å². The fraction of sp³-hybridized carbons (Fsp3) is 0.571. The highest BCUT2D eigenvalue weighted by molar-refractivity contribution is 6.42. The summed E-state index contributed by atoms with van der Waals surface area (Å²) in [4.78, 5) is 0. The van der Waals surface area contributed by atoms with Gasteiger partial charge in [0.2, 0.25) is 0 Å². The van der Waals surface area contributed by atoms with Gasteiger partial charge >= 0.3 is 0 Å². The van der Waals surface area contributed by atoms with Crippen LogP contribution in [0, 0.1) is 5.92 Å². The zero-order valence-electron chi connectivity index (χ0n) is 10.8. The second kappa shape index (κ2) is 8.76. The molecule has 0 radical (unpaired) electrons. The van der Waals surface area contributed by atoms with Gasteiger partial charge in [-0.15, -0.1) is 0 Å². The van der Waals surface area contributed by atoms with Gasteiger partial charge in [0.1, 0.15) is 0 Å². The lowest BCUT2D eigenvalue weighted by Gasteiger charge is -2.15. The van der Waals surface area contributed by atoms with Crippen LogP contribution in [0.5, 0.6) is 0 Å². The van der Waals surface area contributed by atoms with Crippen molar-refractivity contribution in [2.45, 2.75) is 32.7 Å². The standard InChI is InChI=1S/C14H21Cl2NO/c1-2-3-11(6-7-18)9-17-10-12-4-5-13(15)14(16)8-12/h4-5,8,11,17-18H,2-3,6-7,9-10H2,1H3. The number of benzene rings is 1. The molecular weight excluding hydrogens is 269 g/mol. The number of aliphatic hydroxyl groups excluding tert-OH is 1. The predicted molar refractivity (Wildman–Crippen MR) is 78.3 cm³/mol. The lowest BCUT2D eigenvalue weighted by Crippen LogP contribution is -2.23. The first kappa shape index (κ1) is 15.8. The number of nitrogens with one attached hydrogen (secondary N) is 1. The largest absolute Gasteiger partial charge is 0.396 e. The van der Waals surface area contributed by atoms with Gasteiger partial charge in [0.25, 0.3) is 0 Å². The fourth-order valence-corrected chi connectivity index (χ4v) is 2.33. The second-order valence-corrected chi connectivity index (χ2v) is 5.36. The van der Waals surface area contributed by atoms with Crippen LogP contribution in [-0.2, 0) is 6.54 Å². The van der Waals surface area contributed by atoms with Crippen LogP contribution in [-0.4, -0.2) is 18.3 Å². The normalized spacial score (nSPS) is 12.7. The molecule has 0 aromatic heterocycles. The molecule has 0 aliphatic heterocycles. The van der Waals surface area contributed by atoms with E-state index in [0.717, 1.165) is 37.9 Å². The lowest BCUT2D eigenvalue weighted by atomic mass is 10.0. The summed E-state index contributed by atoms with van der Waals surface area (Å²) in [6.07, 6.45) is 3.16. The second-order valence-electron chi connectivity index (χ2n) is 4.55. The molecule has 0 spiro atoms. The molecule has 0 fully saturated rings. The third-order valence-electron chi connectivity index (χ3n) is 2.98. The van der Waals surface area contributed by atoms with Gasteiger partial charge in [0.15, 0.2) is 0 Å². The number of aliphatic hydroxyl groups is 1. The fourth-order valence-electron chi connectivity index (χ4n) is 2.01. The van der Waals surface area contributed by atoms with Crippen LogP contribution in [0.25, 0.3) is 0 Å². The van der Waals surface area contributed by atoms with Crippen molar-refractivity contribution >= 4 is 23.2 Å². The van der Waals surface area contributed by atoms with E-state index in [2.05, 4.69) is 12.2 Å². The van der Waals surface area contributed by atoms with E-state index in [0.29, 0.717) is 16.0 Å². The van der Waals surface area contributed by atoms with E-state index >= 15 is 0 Å². The van der Waals surface area contributed by atoms with Crippen LogP contribution >= 0.6 is 23.2 Å². The molecule has 0 saturated carbocycles. The maximum atomic E-state index is 8.99. The van der Waals surface area contributed by atoms with Crippen LogP contribution in [0.15, 0.2) is 18.2 Å². The zero-order chi connectivity index (χ0) is 13.4. The van der Waals surface area contributed by atoms with Gasteiger partial charge in [-0.05, 0) is 43.0 Å². The van der Waals surface area contributed by atoms with Crippen molar-refractivity contribution in [1.29, 1.82) is 0 Å². The Hall–Kier alpha value is -0.280. The summed E-state index contributed by atoms with van der Waals surface area (Å²) in [5.41, 5.74) is 1.13. The van der Waals surface area contributed by atoms with Crippen molar-refractivity contribution in [1.82, 2.24) is 5.32 Å².